The normalized spacial score (nSPS) is 21.1. The standard InChI is InChI=1S/C28H29N3O5/c1-18-17-31(28(34)30-22-5-3-2-4-6-22)24-13-9-20(15-25(24)35-18)21-10-14-26(29-16-21)36-23-11-7-19(8-12-23)27(32)33/h2-6,9-10,13-16,18-19,23H,7-8,11-12,17H2,1H3,(H,30,34)(H,32,33). The van der Waals surface area contributed by atoms with Crippen molar-refractivity contribution in [2.24, 2.45) is 5.92 Å². The zero-order valence-electron chi connectivity index (χ0n) is 20.1. The average Bonchev–Trinajstić information content (AvgIpc) is 2.89. The maximum atomic E-state index is 13.0. The Balaban J connectivity index is 1.27. The number of nitrogens with one attached hydrogen (secondary N) is 1. The third-order valence-corrected chi connectivity index (χ3v) is 6.67. The van der Waals surface area contributed by atoms with Gasteiger partial charge >= 0.3 is 12.0 Å². The highest BCUT2D eigenvalue weighted by Crippen LogP contribution is 2.37. The monoisotopic (exact) mass is 487 g/mol. The highest BCUT2D eigenvalue weighted by Gasteiger charge is 2.29. The van der Waals surface area contributed by atoms with Gasteiger partial charge in [-0.1, -0.05) is 24.3 Å². The van der Waals surface area contributed by atoms with E-state index in [0.29, 0.717) is 31.0 Å². The van der Waals surface area contributed by atoms with Crippen molar-refractivity contribution in [2.75, 3.05) is 16.8 Å². The minimum Gasteiger partial charge on any atom is -0.487 e. The van der Waals surface area contributed by atoms with Crippen molar-refractivity contribution in [1.29, 1.82) is 0 Å². The summed E-state index contributed by atoms with van der Waals surface area (Å²) >= 11 is 0. The van der Waals surface area contributed by atoms with Crippen LogP contribution >= 0.6 is 0 Å². The molecule has 2 aliphatic rings. The maximum Gasteiger partial charge on any atom is 0.326 e. The Morgan fingerprint density at radius 1 is 1.03 bits per heavy atom. The van der Waals surface area contributed by atoms with Crippen molar-refractivity contribution >= 4 is 23.4 Å². The summed E-state index contributed by atoms with van der Waals surface area (Å²) in [4.78, 5) is 30.3. The molecule has 186 valence electrons. The fourth-order valence-corrected chi connectivity index (χ4v) is 4.74. The molecule has 8 nitrogen and oxygen atoms in total. The summed E-state index contributed by atoms with van der Waals surface area (Å²) in [6.45, 7) is 2.39. The summed E-state index contributed by atoms with van der Waals surface area (Å²) in [5, 5.41) is 12.1. The molecule has 1 fully saturated rings. The smallest absolute Gasteiger partial charge is 0.326 e. The number of amides is 2. The van der Waals surface area contributed by atoms with E-state index < -0.39 is 5.97 Å². The first kappa shape index (κ1) is 23.7. The van der Waals surface area contributed by atoms with Crippen LogP contribution < -0.4 is 19.7 Å². The van der Waals surface area contributed by atoms with Gasteiger partial charge in [0.15, 0.2) is 0 Å². The van der Waals surface area contributed by atoms with Crippen LogP contribution in [0.5, 0.6) is 11.6 Å². The van der Waals surface area contributed by atoms with Crippen LogP contribution in [0.1, 0.15) is 32.6 Å². The van der Waals surface area contributed by atoms with Crippen LogP contribution in [0.2, 0.25) is 0 Å². The molecule has 36 heavy (non-hydrogen) atoms. The van der Waals surface area contributed by atoms with Crippen molar-refractivity contribution in [1.82, 2.24) is 4.98 Å². The lowest BCUT2D eigenvalue weighted by Crippen LogP contribution is -2.44. The van der Waals surface area contributed by atoms with Gasteiger partial charge in [-0.2, -0.15) is 0 Å². The van der Waals surface area contributed by atoms with Crippen molar-refractivity contribution in [3.05, 3.63) is 66.9 Å². The van der Waals surface area contributed by atoms with Gasteiger partial charge in [0.1, 0.15) is 18.0 Å². The number of para-hydroxylation sites is 1. The molecule has 0 spiro atoms. The summed E-state index contributed by atoms with van der Waals surface area (Å²) in [6.07, 6.45) is 4.29. The molecular formula is C28H29N3O5. The predicted octanol–water partition coefficient (Wildman–Crippen LogP) is 5.59. The van der Waals surface area contributed by atoms with Crippen LogP contribution in [-0.4, -0.2) is 40.8 Å². The molecule has 1 aromatic heterocycles. The van der Waals surface area contributed by atoms with Crippen molar-refractivity contribution in [3.63, 3.8) is 0 Å². The number of nitrogens with zero attached hydrogens (tertiary/aromatic N) is 2. The number of benzene rings is 2. The molecule has 2 aromatic carbocycles. The van der Waals surface area contributed by atoms with E-state index in [4.69, 9.17) is 14.6 Å². The number of ether oxygens (including phenoxy) is 2. The summed E-state index contributed by atoms with van der Waals surface area (Å²) in [5.74, 6) is 0.183. The van der Waals surface area contributed by atoms with Crippen molar-refractivity contribution < 1.29 is 24.2 Å². The van der Waals surface area contributed by atoms with Gasteiger partial charge in [0.2, 0.25) is 5.88 Å². The number of carbonyl (C=O) groups is 2. The zero-order chi connectivity index (χ0) is 25.1. The largest absolute Gasteiger partial charge is 0.487 e. The van der Waals surface area contributed by atoms with E-state index in [1.165, 1.54) is 0 Å². The lowest BCUT2D eigenvalue weighted by atomic mass is 9.87. The number of pyridine rings is 1. The second-order valence-corrected chi connectivity index (χ2v) is 9.33. The van der Waals surface area contributed by atoms with E-state index in [0.717, 1.165) is 35.3 Å². The molecule has 5 rings (SSSR count). The molecule has 0 saturated heterocycles. The Bertz CT molecular complexity index is 1220. The molecule has 1 saturated carbocycles. The van der Waals surface area contributed by atoms with Crippen molar-refractivity contribution in [2.45, 2.75) is 44.8 Å². The molecule has 2 N–H and O–H groups in total. The molecule has 3 aromatic rings. The van der Waals surface area contributed by atoms with E-state index in [9.17, 15) is 9.59 Å². The zero-order valence-corrected chi connectivity index (χ0v) is 20.1. The van der Waals surface area contributed by atoms with Crippen LogP contribution in [0.15, 0.2) is 66.9 Å². The number of carboxylic acids is 1. The fraction of sp³-hybridized carbons (Fsp3) is 0.321. The summed E-state index contributed by atoms with van der Waals surface area (Å²) in [6, 6.07) is 18.7. The molecular weight excluding hydrogens is 458 g/mol. The van der Waals surface area contributed by atoms with Crippen LogP contribution in [0.25, 0.3) is 11.1 Å². The van der Waals surface area contributed by atoms with Gasteiger partial charge in [-0.3, -0.25) is 9.69 Å². The van der Waals surface area contributed by atoms with Gasteiger partial charge in [-0.05, 0) is 68.5 Å². The number of anilines is 2. The molecule has 1 aliphatic heterocycles. The number of aliphatic carboxylic acids is 1. The number of hydrogen-bond donors (Lipinski definition) is 2. The molecule has 1 atom stereocenters. The topological polar surface area (TPSA) is 101 Å². The summed E-state index contributed by atoms with van der Waals surface area (Å²) in [7, 11) is 0. The van der Waals surface area contributed by atoms with Crippen LogP contribution in [0.4, 0.5) is 16.2 Å². The van der Waals surface area contributed by atoms with Crippen LogP contribution in [-0.2, 0) is 4.79 Å². The second kappa shape index (κ2) is 10.3. The average molecular weight is 488 g/mol. The third-order valence-electron chi connectivity index (χ3n) is 6.67. The lowest BCUT2D eigenvalue weighted by molar-refractivity contribution is -0.143. The van der Waals surface area contributed by atoms with Crippen molar-refractivity contribution in [3.8, 4) is 22.8 Å². The summed E-state index contributed by atoms with van der Waals surface area (Å²) < 4.78 is 12.1. The van der Waals surface area contributed by atoms with E-state index in [2.05, 4.69) is 10.3 Å². The van der Waals surface area contributed by atoms with Crippen LogP contribution in [0, 0.1) is 5.92 Å². The molecule has 8 heteroatoms. The van der Waals surface area contributed by atoms with Crippen LogP contribution in [0.3, 0.4) is 0 Å². The molecule has 2 amide bonds. The first-order valence-corrected chi connectivity index (χ1v) is 12.3. The van der Waals surface area contributed by atoms with E-state index in [1.54, 1.807) is 11.1 Å². The lowest BCUT2D eigenvalue weighted by Gasteiger charge is -2.33. The number of rotatable bonds is 5. The molecule has 1 unspecified atom stereocenters. The minimum absolute atomic E-state index is 0.00871. The number of urea groups is 1. The Morgan fingerprint density at radius 3 is 2.47 bits per heavy atom. The highest BCUT2D eigenvalue weighted by molar-refractivity contribution is 6.03. The number of fused-ring (bicyclic) bond motifs is 1. The predicted molar refractivity (Wildman–Crippen MR) is 137 cm³/mol. The van der Waals surface area contributed by atoms with Gasteiger partial charge in [0.05, 0.1) is 18.2 Å². The maximum absolute atomic E-state index is 13.0. The number of carboxylic acid groups (broad SMARTS) is 1. The Morgan fingerprint density at radius 2 is 1.78 bits per heavy atom. The second-order valence-electron chi connectivity index (χ2n) is 9.33. The number of carbonyl (C=O) groups excluding carboxylic acids is 1. The molecule has 0 bridgehead atoms. The van der Waals surface area contributed by atoms with Gasteiger partial charge in [-0.25, -0.2) is 9.78 Å². The van der Waals surface area contributed by atoms with E-state index in [-0.39, 0.29) is 24.2 Å². The SMILES string of the molecule is CC1CN(C(=O)Nc2ccccc2)c2ccc(-c3ccc(OC4CCC(C(=O)O)CC4)nc3)cc2O1. The van der Waals surface area contributed by atoms with Gasteiger partial charge < -0.3 is 19.9 Å². The third kappa shape index (κ3) is 5.27. The molecule has 2 heterocycles. The van der Waals surface area contributed by atoms with E-state index >= 15 is 0 Å². The van der Waals surface area contributed by atoms with Gasteiger partial charge in [-0.15, -0.1) is 0 Å². The van der Waals surface area contributed by atoms with Gasteiger partial charge in [0, 0.05) is 23.5 Å². The molecule has 0 radical (unpaired) electrons. The number of aromatic nitrogens is 1. The Kier molecular flexibility index (Phi) is 6.75. The Labute approximate surface area is 209 Å². The fourth-order valence-electron chi connectivity index (χ4n) is 4.74. The Hall–Kier alpha value is -4.07. The summed E-state index contributed by atoms with van der Waals surface area (Å²) in [5.41, 5.74) is 3.28. The quantitative estimate of drug-likeness (QED) is 0.487. The first-order valence-electron chi connectivity index (χ1n) is 12.3. The number of hydrogen-bond acceptors (Lipinski definition) is 5. The van der Waals surface area contributed by atoms with Gasteiger partial charge in [0.25, 0.3) is 0 Å². The first-order chi connectivity index (χ1) is 17.5. The highest BCUT2D eigenvalue weighted by atomic mass is 16.5. The van der Waals surface area contributed by atoms with E-state index in [1.807, 2.05) is 67.6 Å². The molecule has 1 aliphatic carbocycles. The minimum atomic E-state index is -0.723.